The summed E-state index contributed by atoms with van der Waals surface area (Å²) in [5.74, 6) is 0.399. The van der Waals surface area contributed by atoms with Crippen LogP contribution in [-0.4, -0.2) is 44.9 Å². The normalized spacial score (nSPS) is 18.0. The number of aromatic amines is 1. The van der Waals surface area contributed by atoms with Gasteiger partial charge in [0.2, 0.25) is 5.91 Å². The molecule has 3 heterocycles. The molecule has 1 amide bonds. The van der Waals surface area contributed by atoms with Crippen LogP contribution in [0.3, 0.4) is 0 Å². The Bertz CT molecular complexity index is 870. The molecular weight excluding hydrogens is 401 g/mol. The molecule has 9 heteroatoms. The molecule has 0 aliphatic carbocycles. The third kappa shape index (κ3) is 5.10. The number of likely N-dealkylation sites (tertiary alicyclic amines) is 1. The Morgan fingerprint density at radius 1 is 1.39 bits per heavy atom. The van der Waals surface area contributed by atoms with Crippen molar-refractivity contribution in [3.63, 3.8) is 0 Å². The number of nitrogens with one attached hydrogen (secondary N) is 1. The minimum absolute atomic E-state index is 0. The van der Waals surface area contributed by atoms with Gasteiger partial charge in [0.25, 0.3) is 5.56 Å². The predicted molar refractivity (Wildman–Crippen MR) is 114 cm³/mol. The summed E-state index contributed by atoms with van der Waals surface area (Å²) >= 11 is 0. The van der Waals surface area contributed by atoms with Crippen molar-refractivity contribution in [2.24, 2.45) is 11.1 Å². The van der Waals surface area contributed by atoms with Gasteiger partial charge in [-0.3, -0.25) is 14.6 Å². The Labute approximate surface area is 177 Å². The van der Waals surface area contributed by atoms with Crippen LogP contribution < -0.4 is 11.3 Å². The maximum Gasteiger partial charge on any atom is 0.255 e. The van der Waals surface area contributed by atoms with Gasteiger partial charge in [0.15, 0.2) is 0 Å². The molecule has 0 bridgehead atoms. The van der Waals surface area contributed by atoms with Crippen molar-refractivity contribution < 1.29 is 4.79 Å². The van der Waals surface area contributed by atoms with E-state index in [1.807, 2.05) is 6.07 Å². The number of halogens is 2. The summed E-state index contributed by atoms with van der Waals surface area (Å²) in [6.45, 7) is 7.12. The second-order valence-corrected chi connectivity index (χ2v) is 7.60. The van der Waals surface area contributed by atoms with Gasteiger partial charge in [0, 0.05) is 48.3 Å². The molecule has 1 fully saturated rings. The van der Waals surface area contributed by atoms with Gasteiger partial charge in [-0.25, -0.2) is 4.98 Å². The monoisotopic (exact) mass is 427 g/mol. The number of amides is 1. The SMILES string of the molecule is Cc1nc(-c2cccnc2)[nH]c(=O)c1CC(=O)N1CCC(N)C(C)(C)C1.Cl.Cl. The number of nitrogens with two attached hydrogens (primary N) is 1. The van der Waals surface area contributed by atoms with Crippen molar-refractivity contribution in [3.05, 3.63) is 46.1 Å². The predicted octanol–water partition coefficient (Wildman–Crippen LogP) is 2.11. The van der Waals surface area contributed by atoms with Crippen LogP contribution in [0.1, 0.15) is 31.5 Å². The summed E-state index contributed by atoms with van der Waals surface area (Å²) in [7, 11) is 0. The van der Waals surface area contributed by atoms with E-state index in [0.717, 1.165) is 12.0 Å². The highest BCUT2D eigenvalue weighted by molar-refractivity contribution is 5.85. The number of carbonyl (C=O) groups is 1. The molecule has 1 atom stereocenters. The first-order valence-electron chi connectivity index (χ1n) is 8.81. The van der Waals surface area contributed by atoms with Crippen molar-refractivity contribution in [1.29, 1.82) is 0 Å². The van der Waals surface area contributed by atoms with Crippen molar-refractivity contribution in [1.82, 2.24) is 19.9 Å². The number of hydrogen-bond donors (Lipinski definition) is 2. The van der Waals surface area contributed by atoms with Crippen molar-refractivity contribution in [3.8, 4) is 11.4 Å². The molecule has 3 rings (SSSR count). The fourth-order valence-electron chi connectivity index (χ4n) is 3.31. The molecule has 1 aliphatic heterocycles. The number of aromatic nitrogens is 3. The van der Waals surface area contributed by atoms with Crippen LogP contribution in [0, 0.1) is 12.3 Å². The van der Waals surface area contributed by atoms with E-state index in [-0.39, 0.29) is 54.2 Å². The van der Waals surface area contributed by atoms with Crippen LogP contribution in [0.25, 0.3) is 11.4 Å². The zero-order valence-corrected chi connectivity index (χ0v) is 17.9. The summed E-state index contributed by atoms with van der Waals surface area (Å²) in [6, 6.07) is 3.69. The van der Waals surface area contributed by atoms with E-state index in [1.165, 1.54) is 0 Å². The van der Waals surface area contributed by atoms with Crippen LogP contribution >= 0.6 is 24.8 Å². The zero-order chi connectivity index (χ0) is 18.9. The Hall–Kier alpha value is -1.96. The maximum atomic E-state index is 12.7. The molecule has 2 aromatic rings. The minimum Gasteiger partial charge on any atom is -0.342 e. The van der Waals surface area contributed by atoms with Crippen LogP contribution in [0.5, 0.6) is 0 Å². The van der Waals surface area contributed by atoms with E-state index >= 15 is 0 Å². The Balaban J connectivity index is 0.00000196. The lowest BCUT2D eigenvalue weighted by Gasteiger charge is -2.42. The quantitative estimate of drug-likeness (QED) is 0.779. The van der Waals surface area contributed by atoms with E-state index < -0.39 is 0 Å². The van der Waals surface area contributed by atoms with E-state index in [2.05, 4.69) is 28.8 Å². The van der Waals surface area contributed by atoms with Crippen LogP contribution in [0.2, 0.25) is 0 Å². The van der Waals surface area contributed by atoms with E-state index in [1.54, 1.807) is 30.3 Å². The lowest BCUT2D eigenvalue weighted by atomic mass is 9.79. The van der Waals surface area contributed by atoms with Gasteiger partial charge in [-0.15, -0.1) is 24.8 Å². The van der Waals surface area contributed by atoms with Crippen molar-refractivity contribution in [2.75, 3.05) is 13.1 Å². The first-order chi connectivity index (χ1) is 12.3. The highest BCUT2D eigenvalue weighted by Gasteiger charge is 2.35. The van der Waals surface area contributed by atoms with Crippen molar-refractivity contribution in [2.45, 2.75) is 39.7 Å². The zero-order valence-electron chi connectivity index (χ0n) is 16.3. The Kier molecular flexibility index (Phi) is 8.16. The number of hydrogen-bond acceptors (Lipinski definition) is 5. The lowest BCUT2D eigenvalue weighted by molar-refractivity contribution is -0.133. The smallest absolute Gasteiger partial charge is 0.255 e. The molecule has 28 heavy (non-hydrogen) atoms. The number of piperidine rings is 1. The van der Waals surface area contributed by atoms with Crippen LogP contribution in [0.4, 0.5) is 0 Å². The number of carbonyl (C=O) groups excluding carboxylic acids is 1. The van der Waals surface area contributed by atoms with E-state index in [9.17, 15) is 9.59 Å². The van der Waals surface area contributed by atoms with E-state index in [4.69, 9.17) is 5.73 Å². The highest BCUT2D eigenvalue weighted by atomic mass is 35.5. The summed E-state index contributed by atoms with van der Waals surface area (Å²) in [4.78, 5) is 38.3. The number of nitrogens with zero attached hydrogens (tertiary/aromatic N) is 3. The Morgan fingerprint density at radius 3 is 2.68 bits per heavy atom. The molecule has 0 aromatic carbocycles. The second-order valence-electron chi connectivity index (χ2n) is 7.60. The molecule has 1 aliphatic rings. The molecule has 0 saturated carbocycles. The fraction of sp³-hybridized carbons (Fsp3) is 0.474. The third-order valence-corrected chi connectivity index (χ3v) is 5.15. The van der Waals surface area contributed by atoms with Gasteiger partial charge in [0.05, 0.1) is 6.42 Å². The highest BCUT2D eigenvalue weighted by Crippen LogP contribution is 2.28. The standard InChI is InChI=1S/C19H25N5O2.2ClH/c1-12-14(9-16(25)24-8-6-15(20)19(2,3)11-24)18(26)23-17(22-12)13-5-4-7-21-10-13;;/h4-5,7,10,15H,6,8-9,11,20H2,1-3H3,(H,22,23,26);2*1H. The largest absolute Gasteiger partial charge is 0.342 e. The Morgan fingerprint density at radius 2 is 2.11 bits per heavy atom. The van der Waals surface area contributed by atoms with Gasteiger partial charge in [-0.1, -0.05) is 13.8 Å². The molecular formula is C19H27Cl2N5O2. The molecule has 154 valence electrons. The molecule has 2 aromatic heterocycles. The van der Waals surface area contributed by atoms with Gasteiger partial charge in [0.1, 0.15) is 5.82 Å². The molecule has 0 radical (unpaired) electrons. The average Bonchev–Trinajstić information content (AvgIpc) is 2.60. The number of H-pyrrole nitrogens is 1. The van der Waals surface area contributed by atoms with Gasteiger partial charge >= 0.3 is 0 Å². The maximum absolute atomic E-state index is 12.7. The summed E-state index contributed by atoms with van der Waals surface area (Å²) < 4.78 is 0. The van der Waals surface area contributed by atoms with Gasteiger partial charge in [-0.2, -0.15) is 0 Å². The third-order valence-electron chi connectivity index (χ3n) is 5.15. The first-order valence-corrected chi connectivity index (χ1v) is 8.81. The summed E-state index contributed by atoms with van der Waals surface area (Å²) in [5, 5.41) is 0. The fourth-order valence-corrected chi connectivity index (χ4v) is 3.31. The summed E-state index contributed by atoms with van der Waals surface area (Å²) in [5.41, 5.74) is 7.44. The lowest BCUT2D eigenvalue weighted by Crippen LogP contribution is -2.54. The average molecular weight is 428 g/mol. The number of aryl methyl sites for hydroxylation is 1. The van der Waals surface area contributed by atoms with E-state index in [0.29, 0.717) is 30.2 Å². The first kappa shape index (κ1) is 24.1. The van der Waals surface area contributed by atoms with Crippen molar-refractivity contribution >= 4 is 30.7 Å². The van der Waals surface area contributed by atoms with Crippen LogP contribution in [0.15, 0.2) is 29.3 Å². The minimum atomic E-state index is -0.280. The van der Waals surface area contributed by atoms with Gasteiger partial charge < -0.3 is 15.6 Å². The molecule has 7 nitrogen and oxygen atoms in total. The molecule has 1 saturated heterocycles. The topological polar surface area (TPSA) is 105 Å². The van der Waals surface area contributed by atoms with Gasteiger partial charge in [-0.05, 0) is 30.9 Å². The summed E-state index contributed by atoms with van der Waals surface area (Å²) in [6.07, 6.45) is 4.12. The molecule has 0 spiro atoms. The number of pyridine rings is 1. The molecule has 3 N–H and O–H groups in total. The second kappa shape index (κ2) is 9.49. The van der Waals surface area contributed by atoms with Crippen LogP contribution in [-0.2, 0) is 11.2 Å². The molecule has 1 unspecified atom stereocenters. The number of rotatable bonds is 3.